The van der Waals surface area contributed by atoms with Crippen LogP contribution in [0.5, 0.6) is 11.5 Å². The minimum atomic E-state index is -1.33. The number of benzene rings is 3. The van der Waals surface area contributed by atoms with Crippen LogP contribution in [0.2, 0.25) is 0 Å². The molecule has 8 nitrogen and oxygen atoms in total. The van der Waals surface area contributed by atoms with E-state index in [2.05, 4.69) is 0 Å². The SMILES string of the molecule is COc1c(CO)ccc2cc3cccc(OC4C(CO)OC(OC)C(O)C4O)c3cc12. The van der Waals surface area contributed by atoms with Gasteiger partial charge in [-0.2, -0.15) is 0 Å². The highest BCUT2D eigenvalue weighted by molar-refractivity contribution is 6.03. The molecule has 0 aliphatic carbocycles. The Morgan fingerprint density at radius 1 is 0.935 bits per heavy atom. The summed E-state index contributed by atoms with van der Waals surface area (Å²) in [5, 5.41) is 43.6. The van der Waals surface area contributed by atoms with E-state index < -0.39 is 37.3 Å². The molecule has 0 spiro atoms. The number of fused-ring (bicyclic) bond motifs is 2. The number of aliphatic hydroxyl groups excluding tert-OH is 4. The number of hydrogen-bond acceptors (Lipinski definition) is 8. The summed E-state index contributed by atoms with van der Waals surface area (Å²) >= 11 is 0. The van der Waals surface area contributed by atoms with Crippen LogP contribution in [0.15, 0.2) is 42.5 Å². The fraction of sp³-hybridized carbons (Fsp3) is 0.391. The number of hydrogen-bond donors (Lipinski definition) is 4. The zero-order valence-corrected chi connectivity index (χ0v) is 17.3. The van der Waals surface area contributed by atoms with Gasteiger partial charge in [-0.15, -0.1) is 0 Å². The largest absolute Gasteiger partial charge is 0.496 e. The maximum absolute atomic E-state index is 10.6. The zero-order valence-electron chi connectivity index (χ0n) is 17.3. The Hall–Kier alpha value is -2.46. The van der Waals surface area contributed by atoms with E-state index in [-0.39, 0.29) is 6.61 Å². The topological polar surface area (TPSA) is 118 Å². The van der Waals surface area contributed by atoms with Crippen molar-refractivity contribution in [2.75, 3.05) is 20.8 Å². The third kappa shape index (κ3) is 3.82. The van der Waals surface area contributed by atoms with Crippen LogP contribution < -0.4 is 9.47 Å². The maximum Gasteiger partial charge on any atom is 0.186 e. The van der Waals surface area contributed by atoms with E-state index in [1.165, 1.54) is 7.11 Å². The van der Waals surface area contributed by atoms with Crippen LogP contribution in [0.4, 0.5) is 0 Å². The van der Waals surface area contributed by atoms with Gasteiger partial charge < -0.3 is 39.4 Å². The van der Waals surface area contributed by atoms with E-state index in [0.717, 1.165) is 21.5 Å². The molecule has 5 unspecified atom stereocenters. The van der Waals surface area contributed by atoms with Crippen molar-refractivity contribution in [3.8, 4) is 11.5 Å². The van der Waals surface area contributed by atoms with Gasteiger partial charge in [0, 0.05) is 23.4 Å². The molecule has 4 N–H and O–H groups in total. The minimum absolute atomic E-state index is 0.155. The normalized spacial score (nSPS) is 26.3. The monoisotopic (exact) mass is 430 g/mol. The molecule has 1 aliphatic rings. The van der Waals surface area contributed by atoms with E-state index in [0.29, 0.717) is 17.1 Å². The van der Waals surface area contributed by atoms with Crippen molar-refractivity contribution in [2.24, 2.45) is 0 Å². The van der Waals surface area contributed by atoms with Crippen molar-refractivity contribution >= 4 is 21.5 Å². The van der Waals surface area contributed by atoms with Crippen molar-refractivity contribution < 1.29 is 39.4 Å². The standard InChI is InChI=1S/C23H26O8/c1-28-21-14(10-24)7-6-13-8-12-4-3-5-17(15(12)9-16(13)21)30-22-18(11-25)31-23(29-2)20(27)19(22)26/h3-9,18-20,22-27H,10-11H2,1-2H3. The Balaban J connectivity index is 1.79. The summed E-state index contributed by atoms with van der Waals surface area (Å²) in [6.45, 7) is -0.576. The molecule has 1 fully saturated rings. The summed E-state index contributed by atoms with van der Waals surface area (Å²) < 4.78 is 22.2. The van der Waals surface area contributed by atoms with E-state index >= 15 is 0 Å². The molecule has 5 atom stereocenters. The van der Waals surface area contributed by atoms with E-state index in [4.69, 9.17) is 18.9 Å². The summed E-state index contributed by atoms with van der Waals surface area (Å²) in [5.74, 6) is 1.02. The van der Waals surface area contributed by atoms with Crippen molar-refractivity contribution in [3.63, 3.8) is 0 Å². The Morgan fingerprint density at radius 2 is 1.71 bits per heavy atom. The molecule has 166 valence electrons. The lowest BCUT2D eigenvalue weighted by Gasteiger charge is -2.41. The molecular weight excluding hydrogens is 404 g/mol. The van der Waals surface area contributed by atoms with Gasteiger partial charge in [0.05, 0.1) is 20.3 Å². The first-order valence-electron chi connectivity index (χ1n) is 9.97. The molecule has 4 rings (SSSR count). The van der Waals surface area contributed by atoms with Crippen LogP contribution in [0.3, 0.4) is 0 Å². The average molecular weight is 430 g/mol. The van der Waals surface area contributed by atoms with Gasteiger partial charge in [0.2, 0.25) is 0 Å². The molecule has 3 aromatic rings. The minimum Gasteiger partial charge on any atom is -0.496 e. The van der Waals surface area contributed by atoms with Gasteiger partial charge in [-0.3, -0.25) is 0 Å². The summed E-state index contributed by atoms with van der Waals surface area (Å²) in [7, 11) is 2.90. The Morgan fingerprint density at radius 3 is 2.39 bits per heavy atom. The second kappa shape index (κ2) is 8.96. The second-order valence-corrected chi connectivity index (χ2v) is 7.49. The lowest BCUT2D eigenvalue weighted by atomic mass is 9.98. The molecule has 1 saturated heterocycles. The first kappa shape index (κ1) is 21.8. The molecule has 0 amide bonds. The van der Waals surface area contributed by atoms with Gasteiger partial charge in [0.1, 0.15) is 29.8 Å². The van der Waals surface area contributed by atoms with Gasteiger partial charge in [-0.25, -0.2) is 0 Å². The van der Waals surface area contributed by atoms with Gasteiger partial charge >= 0.3 is 0 Å². The summed E-state index contributed by atoms with van der Waals surface area (Å²) in [6, 6.07) is 13.1. The second-order valence-electron chi connectivity index (χ2n) is 7.49. The van der Waals surface area contributed by atoms with Crippen LogP contribution in [0, 0.1) is 0 Å². The Labute approximate surface area is 179 Å². The molecule has 0 aromatic heterocycles. The molecule has 0 radical (unpaired) electrons. The van der Waals surface area contributed by atoms with Crippen molar-refractivity contribution in [1.29, 1.82) is 0 Å². The smallest absolute Gasteiger partial charge is 0.186 e. The highest BCUT2D eigenvalue weighted by Gasteiger charge is 2.46. The molecule has 0 bridgehead atoms. The van der Waals surface area contributed by atoms with Crippen LogP contribution in [-0.2, 0) is 16.1 Å². The number of ether oxygens (including phenoxy) is 4. The molecule has 8 heteroatoms. The lowest BCUT2D eigenvalue weighted by molar-refractivity contribution is -0.290. The van der Waals surface area contributed by atoms with E-state index in [1.54, 1.807) is 13.2 Å². The molecule has 31 heavy (non-hydrogen) atoms. The maximum atomic E-state index is 10.6. The summed E-state index contributed by atoms with van der Waals surface area (Å²) in [5.41, 5.74) is 0.665. The quantitative estimate of drug-likeness (QED) is 0.433. The predicted octanol–water partition coefficient (Wildman–Crippen LogP) is 1.33. The van der Waals surface area contributed by atoms with Crippen molar-refractivity contribution in [2.45, 2.75) is 37.3 Å². The Bertz CT molecular complexity index is 1070. The fourth-order valence-electron chi connectivity index (χ4n) is 4.10. The summed E-state index contributed by atoms with van der Waals surface area (Å²) in [4.78, 5) is 0. The number of aliphatic hydroxyl groups is 4. The van der Waals surface area contributed by atoms with Gasteiger partial charge in [-0.05, 0) is 29.0 Å². The first-order valence-corrected chi connectivity index (χ1v) is 9.97. The summed E-state index contributed by atoms with van der Waals surface area (Å²) in [6.07, 6.45) is -5.64. The first-order chi connectivity index (χ1) is 15.0. The third-order valence-electron chi connectivity index (χ3n) is 5.70. The average Bonchev–Trinajstić information content (AvgIpc) is 2.80. The number of rotatable bonds is 6. The predicted molar refractivity (Wildman–Crippen MR) is 113 cm³/mol. The number of methoxy groups -OCH3 is 2. The molecule has 3 aromatic carbocycles. The van der Waals surface area contributed by atoms with Gasteiger partial charge in [-0.1, -0.05) is 24.3 Å². The lowest BCUT2D eigenvalue weighted by Crippen LogP contribution is -2.61. The zero-order chi connectivity index (χ0) is 22.1. The molecular formula is C23H26O8. The fourth-order valence-corrected chi connectivity index (χ4v) is 4.10. The molecule has 1 heterocycles. The van der Waals surface area contributed by atoms with E-state index in [9.17, 15) is 20.4 Å². The van der Waals surface area contributed by atoms with Gasteiger partial charge in [0.25, 0.3) is 0 Å². The highest BCUT2D eigenvalue weighted by atomic mass is 16.7. The van der Waals surface area contributed by atoms with Crippen LogP contribution in [-0.4, -0.2) is 72.0 Å². The third-order valence-corrected chi connectivity index (χ3v) is 5.70. The molecule has 1 aliphatic heterocycles. The Kier molecular flexibility index (Phi) is 6.29. The van der Waals surface area contributed by atoms with Crippen molar-refractivity contribution in [1.82, 2.24) is 0 Å². The van der Waals surface area contributed by atoms with Crippen molar-refractivity contribution in [3.05, 3.63) is 48.0 Å². The van der Waals surface area contributed by atoms with Crippen LogP contribution in [0.25, 0.3) is 21.5 Å². The van der Waals surface area contributed by atoms with Crippen LogP contribution in [0.1, 0.15) is 5.56 Å². The highest BCUT2D eigenvalue weighted by Crippen LogP contribution is 2.37. The van der Waals surface area contributed by atoms with Gasteiger partial charge in [0.15, 0.2) is 12.4 Å². The van der Waals surface area contributed by atoms with Crippen LogP contribution >= 0.6 is 0 Å². The van der Waals surface area contributed by atoms with E-state index in [1.807, 2.05) is 36.4 Å². The molecule has 0 saturated carbocycles.